The number of hydrogen-bond donors (Lipinski definition) is 5. The zero-order valence-corrected chi connectivity index (χ0v) is 18.6. The van der Waals surface area contributed by atoms with Crippen molar-refractivity contribution in [3.05, 3.63) is 0 Å². The first-order valence-corrected chi connectivity index (χ1v) is 11.9. The topological polar surface area (TPSA) is 123 Å². The van der Waals surface area contributed by atoms with Gasteiger partial charge in [0.2, 0.25) is 0 Å². The molecule has 0 radical (unpaired) electrons. The number of piperidine rings is 1. The van der Waals surface area contributed by atoms with Gasteiger partial charge in [-0.2, -0.15) is 0 Å². The van der Waals surface area contributed by atoms with Crippen molar-refractivity contribution >= 4 is 0 Å². The molecule has 0 aromatic carbocycles. The monoisotopic (exact) mass is 439 g/mol. The quantitative estimate of drug-likeness (QED) is 0.377. The molecule has 31 heavy (non-hydrogen) atoms. The van der Waals surface area contributed by atoms with E-state index >= 15 is 0 Å². The van der Waals surface area contributed by atoms with Gasteiger partial charge in [-0.3, -0.25) is 4.90 Å². The van der Waals surface area contributed by atoms with E-state index in [1.165, 1.54) is 0 Å². The summed E-state index contributed by atoms with van der Waals surface area (Å²) in [5.74, 6) is -1.15. The summed E-state index contributed by atoms with van der Waals surface area (Å²) in [6.07, 6.45) is -0.520. The number of nitrogens with zero attached hydrogens (tertiary/aromatic N) is 1. The third-order valence-electron chi connectivity index (χ3n) is 11.1. The van der Waals surface area contributed by atoms with Crippen molar-refractivity contribution in [3.8, 4) is 0 Å². The summed E-state index contributed by atoms with van der Waals surface area (Å²) in [5.41, 5.74) is -4.55. The Morgan fingerprint density at radius 3 is 2.48 bits per heavy atom. The number of rotatable bonds is 4. The van der Waals surface area contributed by atoms with Gasteiger partial charge in [-0.05, 0) is 31.7 Å². The highest BCUT2D eigenvalue weighted by atomic mass is 16.5. The van der Waals surface area contributed by atoms with Crippen LogP contribution < -0.4 is 0 Å². The van der Waals surface area contributed by atoms with Crippen LogP contribution in [0.2, 0.25) is 0 Å². The number of likely N-dealkylation sites (N-methyl/N-ethyl adjacent to an activating group) is 1. The van der Waals surface area contributed by atoms with Crippen LogP contribution in [0.4, 0.5) is 0 Å². The number of fused-ring (bicyclic) bond motifs is 2. The first-order valence-electron chi connectivity index (χ1n) is 11.9. The van der Waals surface area contributed by atoms with E-state index in [1.807, 2.05) is 6.92 Å². The van der Waals surface area contributed by atoms with Crippen LogP contribution in [0.5, 0.6) is 0 Å². The molecule has 0 aromatic rings. The van der Waals surface area contributed by atoms with Crippen molar-refractivity contribution in [1.82, 2.24) is 4.90 Å². The summed E-state index contributed by atoms with van der Waals surface area (Å²) >= 11 is 0. The van der Waals surface area contributed by atoms with E-state index in [4.69, 9.17) is 9.47 Å². The van der Waals surface area contributed by atoms with Crippen LogP contribution in [0, 0.1) is 34.5 Å². The van der Waals surface area contributed by atoms with E-state index < -0.39 is 52.3 Å². The normalized spacial score (nSPS) is 64.1. The molecule has 1 saturated heterocycles. The van der Waals surface area contributed by atoms with Crippen LogP contribution in [0.3, 0.4) is 0 Å². The average molecular weight is 440 g/mol. The van der Waals surface area contributed by atoms with Crippen LogP contribution in [0.25, 0.3) is 0 Å². The van der Waals surface area contributed by atoms with Crippen LogP contribution in [-0.2, 0) is 9.47 Å². The molecule has 8 nitrogen and oxygen atoms in total. The molecule has 5 aliphatic carbocycles. The van der Waals surface area contributed by atoms with E-state index in [0.29, 0.717) is 32.4 Å². The van der Waals surface area contributed by atoms with E-state index in [1.54, 1.807) is 14.2 Å². The molecule has 0 aromatic heterocycles. The van der Waals surface area contributed by atoms with E-state index in [9.17, 15) is 25.5 Å². The summed E-state index contributed by atoms with van der Waals surface area (Å²) in [6, 6.07) is -0.497. The SMILES string of the molecule is CCN1C[C@]2(CO)CC[C@H](O)[C@@]34[C@@H]5C[C@H]6[C@H](O)[C@@H]5[C@](O)(C[C@@H]6OC)[C@@](O)([C@@H](OC)[C@H]23)[C@@H]14. The summed E-state index contributed by atoms with van der Waals surface area (Å²) in [7, 11) is 3.16. The maximum Gasteiger partial charge on any atom is 0.136 e. The van der Waals surface area contributed by atoms with E-state index in [0.717, 1.165) is 0 Å². The Bertz CT molecular complexity index is 783. The maximum atomic E-state index is 12.7. The van der Waals surface area contributed by atoms with Crippen molar-refractivity contribution in [3.63, 3.8) is 0 Å². The minimum Gasteiger partial charge on any atom is -0.396 e. The molecule has 1 heterocycles. The Balaban J connectivity index is 1.68. The minimum atomic E-state index is -1.68. The fourth-order valence-electron chi connectivity index (χ4n) is 10.4. The standard InChI is InChI=1S/C23H37NO7/c1-4-24-9-20(10-25)6-5-14(26)22-12-7-11-13(30-2)8-21(28,15(12)16(11)27)23(29,19(22)24)18(31-3)17(20)22/h11-19,25-29H,4-10H2,1-3H3/t11-,12-,13+,14+,15-,16+,17-,18+,19+,20+,21-,22+,23-/m1/s1. The highest BCUT2D eigenvalue weighted by molar-refractivity contribution is 5.41. The second kappa shape index (κ2) is 6.21. The molecule has 5 N–H and O–H groups in total. The number of ether oxygens (including phenoxy) is 2. The number of likely N-dealkylation sites (tertiary alicyclic amines) is 1. The van der Waals surface area contributed by atoms with Gasteiger partial charge in [-0.25, -0.2) is 0 Å². The van der Waals surface area contributed by atoms with E-state index in [-0.39, 0.29) is 36.9 Å². The van der Waals surface area contributed by atoms with Gasteiger partial charge in [-0.15, -0.1) is 0 Å². The Morgan fingerprint density at radius 1 is 1.13 bits per heavy atom. The fraction of sp³-hybridized carbons (Fsp3) is 1.00. The summed E-state index contributed by atoms with van der Waals surface area (Å²) < 4.78 is 11.8. The van der Waals surface area contributed by atoms with Gasteiger partial charge in [-0.1, -0.05) is 6.92 Å². The molecule has 5 saturated carbocycles. The van der Waals surface area contributed by atoms with Crippen molar-refractivity contribution in [2.75, 3.05) is 33.9 Å². The van der Waals surface area contributed by atoms with E-state index in [2.05, 4.69) is 4.90 Å². The van der Waals surface area contributed by atoms with Crippen LogP contribution in [0.1, 0.15) is 32.6 Å². The Hall–Kier alpha value is -0.320. The molecule has 0 amide bonds. The van der Waals surface area contributed by atoms with Crippen LogP contribution in [-0.4, -0.2) is 106 Å². The first-order chi connectivity index (χ1) is 14.7. The molecule has 6 aliphatic rings. The molecule has 1 spiro atoms. The molecular formula is C23H37NO7. The van der Waals surface area contributed by atoms with Gasteiger partial charge in [0, 0.05) is 55.8 Å². The smallest absolute Gasteiger partial charge is 0.136 e. The zero-order chi connectivity index (χ0) is 22.1. The number of aliphatic hydroxyl groups excluding tert-OH is 3. The third kappa shape index (κ3) is 1.89. The lowest BCUT2D eigenvalue weighted by Gasteiger charge is -2.69. The van der Waals surface area contributed by atoms with Crippen molar-refractivity contribution < 1.29 is 35.0 Å². The van der Waals surface area contributed by atoms with Crippen LogP contribution in [0.15, 0.2) is 0 Å². The van der Waals surface area contributed by atoms with Crippen LogP contribution >= 0.6 is 0 Å². The van der Waals surface area contributed by atoms with Gasteiger partial charge in [0.05, 0.1) is 37.1 Å². The molecule has 1 aliphatic heterocycles. The number of hydrogen-bond acceptors (Lipinski definition) is 8. The first kappa shape index (κ1) is 21.2. The van der Waals surface area contributed by atoms with Crippen molar-refractivity contribution in [2.45, 2.75) is 74.3 Å². The summed E-state index contributed by atoms with van der Waals surface area (Å²) in [4.78, 5) is 2.18. The highest BCUT2D eigenvalue weighted by Gasteiger charge is 2.91. The Labute approximate surface area is 183 Å². The third-order valence-corrected chi connectivity index (χ3v) is 11.1. The molecule has 13 atom stereocenters. The maximum absolute atomic E-state index is 12.7. The molecule has 6 fully saturated rings. The average Bonchev–Trinajstić information content (AvgIpc) is 3.13. The predicted molar refractivity (Wildman–Crippen MR) is 109 cm³/mol. The molecule has 6 rings (SSSR count). The lowest BCUT2D eigenvalue weighted by Crippen LogP contribution is -2.81. The number of aliphatic hydroxyl groups is 5. The molecule has 7 bridgehead atoms. The predicted octanol–water partition coefficient (Wildman–Crippen LogP) is -1.04. The molecule has 8 heteroatoms. The lowest BCUT2D eigenvalue weighted by atomic mass is 9.42. The molecular weight excluding hydrogens is 402 g/mol. The second-order valence-corrected chi connectivity index (χ2v) is 11.4. The van der Waals surface area contributed by atoms with Gasteiger partial charge in [0.25, 0.3) is 0 Å². The van der Waals surface area contributed by atoms with Gasteiger partial charge in [0.15, 0.2) is 0 Å². The fourth-order valence-corrected chi connectivity index (χ4v) is 10.4. The van der Waals surface area contributed by atoms with Gasteiger partial charge >= 0.3 is 0 Å². The highest BCUT2D eigenvalue weighted by Crippen LogP contribution is 2.80. The molecule has 176 valence electrons. The van der Waals surface area contributed by atoms with Gasteiger partial charge in [0.1, 0.15) is 11.2 Å². The Morgan fingerprint density at radius 2 is 1.87 bits per heavy atom. The van der Waals surface area contributed by atoms with Gasteiger partial charge < -0.3 is 35.0 Å². The van der Waals surface area contributed by atoms with Crippen molar-refractivity contribution in [2.24, 2.45) is 34.5 Å². The largest absolute Gasteiger partial charge is 0.396 e. The zero-order valence-electron chi connectivity index (χ0n) is 18.6. The number of methoxy groups -OCH3 is 2. The summed E-state index contributed by atoms with van der Waals surface area (Å²) in [5, 5.41) is 58.9. The second-order valence-electron chi connectivity index (χ2n) is 11.4. The Kier molecular flexibility index (Phi) is 4.26. The van der Waals surface area contributed by atoms with Crippen molar-refractivity contribution in [1.29, 1.82) is 0 Å². The molecule has 0 unspecified atom stereocenters. The minimum absolute atomic E-state index is 0.0478. The summed E-state index contributed by atoms with van der Waals surface area (Å²) in [6.45, 7) is 3.23. The lowest BCUT2D eigenvalue weighted by molar-refractivity contribution is -0.317.